The number of carbonyl (C=O) groups excluding carboxylic acids is 2. The van der Waals surface area contributed by atoms with Gasteiger partial charge in [0.05, 0.1) is 13.7 Å². The zero-order valence-corrected chi connectivity index (χ0v) is 12.8. The van der Waals surface area contributed by atoms with Gasteiger partial charge in [-0.25, -0.2) is 4.79 Å². The van der Waals surface area contributed by atoms with Crippen molar-refractivity contribution < 1.29 is 18.7 Å². The van der Waals surface area contributed by atoms with Crippen molar-refractivity contribution in [2.24, 2.45) is 0 Å². The molecule has 1 N–H and O–H groups in total. The second-order valence-electron chi connectivity index (χ2n) is 4.58. The molecule has 0 aromatic carbocycles. The van der Waals surface area contributed by atoms with Crippen LogP contribution in [0.25, 0.3) is 0 Å². The van der Waals surface area contributed by atoms with Gasteiger partial charge < -0.3 is 14.5 Å². The fourth-order valence-corrected chi connectivity index (χ4v) is 2.61. The molecule has 112 valence electrons. The van der Waals surface area contributed by atoms with Crippen LogP contribution in [0.4, 0.5) is 0 Å². The Morgan fingerprint density at radius 2 is 2.24 bits per heavy atom. The molecule has 0 fully saturated rings. The first-order valence-corrected chi connectivity index (χ1v) is 7.50. The molecule has 1 amide bonds. The van der Waals surface area contributed by atoms with Crippen LogP contribution in [0.3, 0.4) is 0 Å². The number of methoxy groups -OCH3 is 1. The van der Waals surface area contributed by atoms with E-state index in [1.165, 1.54) is 7.11 Å². The average molecular weight is 307 g/mol. The Morgan fingerprint density at radius 3 is 2.90 bits per heavy atom. The van der Waals surface area contributed by atoms with Gasteiger partial charge in [-0.2, -0.15) is 11.3 Å². The summed E-state index contributed by atoms with van der Waals surface area (Å²) >= 11 is 1.62. The molecule has 0 aliphatic carbocycles. The molecular formula is C15H17NO4S. The van der Waals surface area contributed by atoms with Crippen LogP contribution in [0.1, 0.15) is 33.9 Å². The number of aryl methyl sites for hydroxylation is 2. The van der Waals surface area contributed by atoms with Gasteiger partial charge in [-0.3, -0.25) is 4.79 Å². The number of amides is 1. The van der Waals surface area contributed by atoms with E-state index in [1.54, 1.807) is 24.3 Å². The average Bonchev–Trinajstić information content (AvgIpc) is 3.11. The van der Waals surface area contributed by atoms with Crippen LogP contribution in [0.15, 0.2) is 27.3 Å². The summed E-state index contributed by atoms with van der Waals surface area (Å²) in [6.07, 6.45) is 1.15. The van der Waals surface area contributed by atoms with Gasteiger partial charge in [0.15, 0.2) is 0 Å². The van der Waals surface area contributed by atoms with Crippen LogP contribution >= 0.6 is 11.3 Å². The maximum Gasteiger partial charge on any atom is 0.341 e. The molecule has 0 unspecified atom stereocenters. The van der Waals surface area contributed by atoms with Crippen molar-refractivity contribution in [3.8, 4) is 0 Å². The lowest BCUT2D eigenvalue weighted by Gasteiger charge is -2.02. The van der Waals surface area contributed by atoms with Crippen molar-refractivity contribution in [1.82, 2.24) is 5.32 Å². The molecule has 2 heterocycles. The smallest absolute Gasteiger partial charge is 0.341 e. The van der Waals surface area contributed by atoms with Gasteiger partial charge in [-0.05, 0) is 41.8 Å². The summed E-state index contributed by atoms with van der Waals surface area (Å²) in [4.78, 5) is 23.2. The molecule has 21 heavy (non-hydrogen) atoms. The predicted octanol–water partition coefficient (Wildman–Crippen LogP) is 2.69. The number of ether oxygens (including phenoxy) is 1. The molecule has 0 saturated carbocycles. The highest BCUT2D eigenvalue weighted by Crippen LogP contribution is 2.15. The molecule has 2 aromatic heterocycles. The van der Waals surface area contributed by atoms with E-state index in [0.29, 0.717) is 23.5 Å². The quantitative estimate of drug-likeness (QED) is 0.833. The number of nitrogens with one attached hydrogen (secondary N) is 1. The number of furan rings is 1. The van der Waals surface area contributed by atoms with Gasteiger partial charge in [0, 0.05) is 6.42 Å². The third kappa shape index (κ3) is 4.19. The van der Waals surface area contributed by atoms with Crippen molar-refractivity contribution in [1.29, 1.82) is 0 Å². The van der Waals surface area contributed by atoms with E-state index in [0.717, 1.165) is 12.0 Å². The molecule has 2 rings (SSSR count). The SMILES string of the molecule is COC(=O)c1cc(CNC(=O)CCc2ccsc2)oc1C. The number of rotatable bonds is 6. The van der Waals surface area contributed by atoms with Crippen molar-refractivity contribution in [3.63, 3.8) is 0 Å². The fourth-order valence-electron chi connectivity index (χ4n) is 1.91. The van der Waals surface area contributed by atoms with Crippen molar-refractivity contribution >= 4 is 23.2 Å². The first-order chi connectivity index (χ1) is 10.1. The van der Waals surface area contributed by atoms with Crippen LogP contribution in [0, 0.1) is 6.92 Å². The molecule has 0 spiro atoms. The predicted molar refractivity (Wildman–Crippen MR) is 79.3 cm³/mol. The zero-order chi connectivity index (χ0) is 15.2. The van der Waals surface area contributed by atoms with Gasteiger partial charge in [0.25, 0.3) is 0 Å². The summed E-state index contributed by atoms with van der Waals surface area (Å²) in [5, 5.41) is 6.80. The van der Waals surface area contributed by atoms with Crippen molar-refractivity contribution in [3.05, 3.63) is 45.5 Å². The molecule has 0 saturated heterocycles. The lowest BCUT2D eigenvalue weighted by atomic mass is 10.2. The van der Waals surface area contributed by atoms with Crippen LogP contribution in [-0.2, 0) is 22.5 Å². The Labute approximate surface area is 126 Å². The Hall–Kier alpha value is -2.08. The summed E-state index contributed by atoms with van der Waals surface area (Å²) in [6, 6.07) is 3.61. The molecule has 0 radical (unpaired) electrons. The van der Waals surface area contributed by atoms with Gasteiger partial charge in [-0.1, -0.05) is 0 Å². The number of hydrogen-bond acceptors (Lipinski definition) is 5. The highest BCUT2D eigenvalue weighted by molar-refractivity contribution is 7.07. The second-order valence-corrected chi connectivity index (χ2v) is 5.36. The molecule has 6 heteroatoms. The van der Waals surface area contributed by atoms with E-state index < -0.39 is 5.97 Å². The van der Waals surface area contributed by atoms with E-state index >= 15 is 0 Å². The first-order valence-electron chi connectivity index (χ1n) is 6.55. The number of thiophene rings is 1. The van der Waals surface area contributed by atoms with E-state index in [4.69, 9.17) is 4.42 Å². The topological polar surface area (TPSA) is 68.5 Å². The van der Waals surface area contributed by atoms with E-state index in [1.807, 2.05) is 16.8 Å². The molecule has 0 aliphatic rings. The zero-order valence-electron chi connectivity index (χ0n) is 12.0. The van der Waals surface area contributed by atoms with E-state index in [9.17, 15) is 9.59 Å². The normalized spacial score (nSPS) is 10.4. The highest BCUT2D eigenvalue weighted by Gasteiger charge is 2.15. The molecular weight excluding hydrogens is 290 g/mol. The Balaban J connectivity index is 1.82. The maximum atomic E-state index is 11.8. The van der Waals surface area contributed by atoms with Crippen molar-refractivity contribution in [2.75, 3.05) is 7.11 Å². The molecule has 0 atom stereocenters. The lowest BCUT2D eigenvalue weighted by molar-refractivity contribution is -0.121. The van der Waals surface area contributed by atoms with E-state index in [-0.39, 0.29) is 12.5 Å². The monoisotopic (exact) mass is 307 g/mol. The standard InChI is InChI=1S/C15H17NO4S/c1-10-13(15(18)19-2)7-12(20-10)8-16-14(17)4-3-11-5-6-21-9-11/h5-7,9H,3-4,8H2,1-2H3,(H,16,17). The number of esters is 1. The summed E-state index contributed by atoms with van der Waals surface area (Å²) < 4.78 is 10.1. The summed E-state index contributed by atoms with van der Waals surface area (Å²) in [5.41, 5.74) is 1.55. The van der Waals surface area contributed by atoms with Gasteiger partial charge in [-0.15, -0.1) is 0 Å². The van der Waals surface area contributed by atoms with Gasteiger partial charge in [0.1, 0.15) is 17.1 Å². The minimum absolute atomic E-state index is 0.0464. The molecule has 5 nitrogen and oxygen atoms in total. The number of carbonyl (C=O) groups is 2. The second kappa shape index (κ2) is 7.08. The van der Waals surface area contributed by atoms with Gasteiger partial charge >= 0.3 is 5.97 Å². The largest absolute Gasteiger partial charge is 0.465 e. The van der Waals surface area contributed by atoms with Crippen molar-refractivity contribution in [2.45, 2.75) is 26.3 Å². The minimum atomic E-state index is -0.439. The minimum Gasteiger partial charge on any atom is -0.465 e. The first kappa shape index (κ1) is 15.3. The third-order valence-corrected chi connectivity index (χ3v) is 3.79. The Kier molecular flexibility index (Phi) is 5.16. The maximum absolute atomic E-state index is 11.8. The lowest BCUT2D eigenvalue weighted by Crippen LogP contribution is -2.22. The third-order valence-electron chi connectivity index (χ3n) is 3.05. The molecule has 2 aromatic rings. The van der Waals surface area contributed by atoms with Crippen LogP contribution in [0.5, 0.6) is 0 Å². The fraction of sp³-hybridized carbons (Fsp3) is 0.333. The van der Waals surface area contributed by atoms with Gasteiger partial charge in [0.2, 0.25) is 5.91 Å². The Morgan fingerprint density at radius 1 is 1.43 bits per heavy atom. The molecule has 0 aliphatic heterocycles. The van der Waals surface area contributed by atoms with Crippen LogP contribution in [0.2, 0.25) is 0 Å². The van der Waals surface area contributed by atoms with Crippen LogP contribution < -0.4 is 5.32 Å². The van der Waals surface area contributed by atoms with E-state index in [2.05, 4.69) is 10.1 Å². The summed E-state index contributed by atoms with van der Waals surface area (Å²) in [7, 11) is 1.32. The Bertz CT molecular complexity index is 616. The van der Waals surface area contributed by atoms with Crippen LogP contribution in [-0.4, -0.2) is 19.0 Å². The highest BCUT2D eigenvalue weighted by atomic mass is 32.1. The molecule has 0 bridgehead atoms. The number of hydrogen-bond donors (Lipinski definition) is 1. The summed E-state index contributed by atoms with van der Waals surface area (Å²) in [6.45, 7) is 1.95. The summed E-state index contributed by atoms with van der Waals surface area (Å²) in [5.74, 6) is 0.544.